The summed E-state index contributed by atoms with van der Waals surface area (Å²) >= 11 is 0. The second kappa shape index (κ2) is 2.68. The van der Waals surface area contributed by atoms with Crippen LogP contribution in [0.15, 0.2) is 24.3 Å². The van der Waals surface area contributed by atoms with Crippen LogP contribution in [-0.4, -0.2) is 0 Å². The van der Waals surface area contributed by atoms with Crippen LogP contribution in [0.5, 0.6) is 0 Å². The van der Waals surface area contributed by atoms with E-state index in [1.54, 1.807) is 0 Å². The molecule has 0 bridgehead atoms. The third-order valence-corrected chi connectivity index (χ3v) is 1.39. The summed E-state index contributed by atoms with van der Waals surface area (Å²) in [6.07, 6.45) is 0. The third-order valence-electron chi connectivity index (χ3n) is 1.39. The van der Waals surface area contributed by atoms with E-state index in [-0.39, 0.29) is 0 Å². The van der Waals surface area contributed by atoms with Gasteiger partial charge in [0.25, 0.3) is 0 Å². The molecule has 0 aliphatic heterocycles. The van der Waals surface area contributed by atoms with Crippen LogP contribution >= 0.6 is 0 Å². The van der Waals surface area contributed by atoms with E-state index in [2.05, 4.69) is 0 Å². The lowest BCUT2D eigenvalue weighted by Crippen LogP contribution is -2.38. The number of benzene rings is 1. The molecule has 0 amide bonds. The van der Waals surface area contributed by atoms with Crippen LogP contribution in [0.1, 0.15) is 5.56 Å². The number of nitrogens with zero attached hydrogens (tertiary/aromatic N) is 1. The first-order chi connectivity index (χ1) is 4.72. The number of para-hydroxylation sites is 1. The Balaban J connectivity index is 3.03. The van der Waals surface area contributed by atoms with Crippen molar-refractivity contribution in [2.75, 3.05) is 5.12 Å². The molecule has 54 valence electrons. The van der Waals surface area contributed by atoms with E-state index in [0.717, 1.165) is 16.4 Å². The number of anilines is 1. The van der Waals surface area contributed by atoms with E-state index in [1.165, 1.54) is 0 Å². The Morgan fingerprint density at radius 2 is 1.80 bits per heavy atom. The van der Waals surface area contributed by atoms with Gasteiger partial charge in [-0.25, -0.2) is 16.8 Å². The summed E-state index contributed by atoms with van der Waals surface area (Å²) in [4.78, 5) is 0. The number of rotatable bonds is 1. The minimum absolute atomic E-state index is 0.850. The fraction of sp³-hybridized carbons (Fsp3) is 0.143. The zero-order chi connectivity index (χ0) is 7.56. The van der Waals surface area contributed by atoms with Crippen molar-refractivity contribution in [2.24, 2.45) is 11.7 Å². The van der Waals surface area contributed by atoms with Gasteiger partial charge in [-0.2, -0.15) is 0 Å². The lowest BCUT2D eigenvalue weighted by molar-refractivity contribution is 0.918. The highest BCUT2D eigenvalue weighted by Crippen LogP contribution is 2.13. The molecule has 10 heavy (non-hydrogen) atoms. The maximum Gasteiger partial charge on any atom is 0.0726 e. The molecular formula is C7H11N3. The maximum absolute atomic E-state index is 5.33. The second-order valence-electron chi connectivity index (χ2n) is 2.19. The average Bonchev–Trinajstić information content (AvgIpc) is 1.88. The summed E-state index contributed by atoms with van der Waals surface area (Å²) in [6.45, 7) is 1.96. The molecule has 0 aliphatic rings. The van der Waals surface area contributed by atoms with E-state index < -0.39 is 0 Å². The highest BCUT2D eigenvalue weighted by molar-refractivity contribution is 5.50. The van der Waals surface area contributed by atoms with Gasteiger partial charge in [0.1, 0.15) is 0 Å². The molecule has 0 heterocycles. The van der Waals surface area contributed by atoms with E-state index in [9.17, 15) is 0 Å². The number of hydrogen-bond acceptors (Lipinski definition) is 3. The smallest absolute Gasteiger partial charge is 0.0726 e. The average molecular weight is 137 g/mol. The third kappa shape index (κ3) is 1.26. The minimum atomic E-state index is 0.850. The maximum atomic E-state index is 5.33. The quantitative estimate of drug-likeness (QED) is 0.439. The van der Waals surface area contributed by atoms with Crippen LogP contribution in [0, 0.1) is 6.92 Å². The summed E-state index contributed by atoms with van der Waals surface area (Å²) in [7, 11) is 0. The van der Waals surface area contributed by atoms with Gasteiger partial charge >= 0.3 is 0 Å². The molecule has 1 aromatic carbocycles. The monoisotopic (exact) mass is 137 g/mol. The first kappa shape index (κ1) is 7.05. The first-order valence-electron chi connectivity index (χ1n) is 3.07. The van der Waals surface area contributed by atoms with Crippen LogP contribution in [0.3, 0.4) is 0 Å². The van der Waals surface area contributed by atoms with Gasteiger partial charge in [0, 0.05) is 0 Å². The number of aryl methyl sites for hydroxylation is 1. The van der Waals surface area contributed by atoms with Crippen LogP contribution in [0.4, 0.5) is 5.69 Å². The molecule has 0 spiro atoms. The molecule has 1 aromatic rings. The van der Waals surface area contributed by atoms with Crippen molar-refractivity contribution in [1.29, 1.82) is 0 Å². The SMILES string of the molecule is Cc1ccccc1N(N)N. The molecule has 0 saturated carbocycles. The molecule has 3 heteroatoms. The molecule has 3 nitrogen and oxygen atoms in total. The molecule has 0 aliphatic carbocycles. The highest BCUT2D eigenvalue weighted by atomic mass is 15.6. The predicted octanol–water partition coefficient (Wildman–Crippen LogP) is 0.549. The van der Waals surface area contributed by atoms with Crippen molar-refractivity contribution >= 4 is 5.69 Å². The minimum Gasteiger partial charge on any atom is -0.247 e. The molecule has 0 aromatic heterocycles. The van der Waals surface area contributed by atoms with E-state index in [1.807, 2.05) is 31.2 Å². The van der Waals surface area contributed by atoms with Gasteiger partial charge in [-0.3, -0.25) is 0 Å². The van der Waals surface area contributed by atoms with Crippen molar-refractivity contribution in [3.05, 3.63) is 29.8 Å². The number of nitrogens with two attached hydrogens (primary N) is 2. The van der Waals surface area contributed by atoms with Crippen molar-refractivity contribution < 1.29 is 0 Å². The fourth-order valence-electron chi connectivity index (χ4n) is 0.853. The van der Waals surface area contributed by atoms with Crippen molar-refractivity contribution in [3.8, 4) is 0 Å². The Morgan fingerprint density at radius 1 is 1.20 bits per heavy atom. The lowest BCUT2D eigenvalue weighted by Gasteiger charge is -2.13. The molecule has 0 saturated heterocycles. The van der Waals surface area contributed by atoms with E-state index in [0.29, 0.717) is 0 Å². The second-order valence-corrected chi connectivity index (χ2v) is 2.19. The standard InChI is InChI=1S/C7H11N3/c1-6-4-2-3-5-7(6)10(8)9/h2-5H,8-9H2,1H3. The van der Waals surface area contributed by atoms with Gasteiger partial charge in [-0.1, -0.05) is 18.2 Å². The van der Waals surface area contributed by atoms with Crippen molar-refractivity contribution in [3.63, 3.8) is 0 Å². The van der Waals surface area contributed by atoms with Gasteiger partial charge in [0.15, 0.2) is 0 Å². The zero-order valence-corrected chi connectivity index (χ0v) is 5.91. The Hall–Kier alpha value is -1.06. The molecule has 4 N–H and O–H groups in total. The molecular weight excluding hydrogens is 126 g/mol. The van der Waals surface area contributed by atoms with Crippen LogP contribution < -0.4 is 16.8 Å². The van der Waals surface area contributed by atoms with Crippen molar-refractivity contribution in [2.45, 2.75) is 6.92 Å². The predicted molar refractivity (Wildman–Crippen MR) is 42.0 cm³/mol. The van der Waals surface area contributed by atoms with E-state index >= 15 is 0 Å². The Kier molecular flexibility index (Phi) is 1.89. The molecule has 0 unspecified atom stereocenters. The summed E-state index contributed by atoms with van der Waals surface area (Å²) in [6, 6.07) is 7.68. The summed E-state index contributed by atoms with van der Waals surface area (Å²) in [5, 5.41) is 1.12. The van der Waals surface area contributed by atoms with Crippen LogP contribution in [-0.2, 0) is 0 Å². The summed E-state index contributed by atoms with van der Waals surface area (Å²) < 4.78 is 0. The lowest BCUT2D eigenvalue weighted by atomic mass is 10.2. The van der Waals surface area contributed by atoms with E-state index in [4.69, 9.17) is 11.7 Å². The summed E-state index contributed by atoms with van der Waals surface area (Å²) in [5.41, 5.74) is 1.93. The Labute approximate surface area is 60.2 Å². The normalized spacial score (nSPS) is 9.50. The summed E-state index contributed by atoms with van der Waals surface area (Å²) in [5.74, 6) is 10.7. The molecule has 0 fully saturated rings. The van der Waals surface area contributed by atoms with Gasteiger partial charge in [-0.15, -0.1) is 0 Å². The van der Waals surface area contributed by atoms with Crippen LogP contribution in [0.25, 0.3) is 0 Å². The molecule has 1 rings (SSSR count). The molecule has 0 radical (unpaired) electrons. The van der Waals surface area contributed by atoms with Gasteiger partial charge < -0.3 is 0 Å². The number of hydrogen-bond donors (Lipinski definition) is 2. The number of hydrazine groups is 2. The Morgan fingerprint density at radius 3 is 2.20 bits per heavy atom. The van der Waals surface area contributed by atoms with Gasteiger partial charge in [-0.05, 0) is 18.6 Å². The van der Waals surface area contributed by atoms with Crippen LogP contribution in [0.2, 0.25) is 0 Å². The highest BCUT2D eigenvalue weighted by Gasteiger charge is 1.96. The zero-order valence-electron chi connectivity index (χ0n) is 5.91. The first-order valence-corrected chi connectivity index (χ1v) is 3.07. The fourth-order valence-corrected chi connectivity index (χ4v) is 0.853. The topological polar surface area (TPSA) is 55.3 Å². The molecule has 0 atom stereocenters. The largest absolute Gasteiger partial charge is 0.247 e. The van der Waals surface area contributed by atoms with Gasteiger partial charge in [0.05, 0.1) is 5.69 Å². The van der Waals surface area contributed by atoms with Crippen molar-refractivity contribution in [1.82, 2.24) is 0 Å². The van der Waals surface area contributed by atoms with Gasteiger partial charge in [0.2, 0.25) is 0 Å². The Bertz CT molecular complexity index is 220.